The Bertz CT molecular complexity index is 573. The summed E-state index contributed by atoms with van der Waals surface area (Å²) in [7, 11) is 0. The van der Waals surface area contributed by atoms with Gasteiger partial charge in [0.25, 0.3) is 5.69 Å². The second kappa shape index (κ2) is 5.90. The molecule has 0 radical (unpaired) electrons. The number of carbonyl (C=O) groups is 1. The van der Waals surface area contributed by atoms with E-state index in [1.165, 1.54) is 31.2 Å². The lowest BCUT2D eigenvalue weighted by atomic mass is 10.1. The van der Waals surface area contributed by atoms with Crippen molar-refractivity contribution in [2.24, 2.45) is 0 Å². The quantitative estimate of drug-likeness (QED) is 0.466. The molecule has 0 aromatic heterocycles. The number of esters is 1. The first-order chi connectivity index (χ1) is 10.5. The van der Waals surface area contributed by atoms with Gasteiger partial charge in [-0.2, -0.15) is 0 Å². The van der Waals surface area contributed by atoms with Crippen LogP contribution in [-0.2, 0) is 19.0 Å². The highest BCUT2D eigenvalue weighted by molar-refractivity contribution is 5.66. The van der Waals surface area contributed by atoms with E-state index in [4.69, 9.17) is 18.9 Å². The van der Waals surface area contributed by atoms with Gasteiger partial charge in [0.1, 0.15) is 18.0 Å². The third-order valence-electron chi connectivity index (χ3n) is 3.61. The van der Waals surface area contributed by atoms with Crippen molar-refractivity contribution >= 4 is 11.7 Å². The van der Waals surface area contributed by atoms with Gasteiger partial charge in [0.2, 0.25) is 0 Å². The monoisotopic (exact) mass is 309 g/mol. The molecule has 0 unspecified atom stereocenters. The first-order valence-electron chi connectivity index (χ1n) is 6.86. The number of benzene rings is 1. The van der Waals surface area contributed by atoms with E-state index in [1.54, 1.807) is 0 Å². The molecular weight excluding hydrogens is 294 g/mol. The van der Waals surface area contributed by atoms with Gasteiger partial charge < -0.3 is 18.9 Å². The molecule has 4 atom stereocenters. The van der Waals surface area contributed by atoms with E-state index >= 15 is 0 Å². The molecule has 22 heavy (non-hydrogen) atoms. The highest BCUT2D eigenvalue weighted by Gasteiger charge is 2.50. The molecule has 118 valence electrons. The average Bonchev–Trinajstić information content (AvgIpc) is 3.03. The number of nitro groups is 1. The minimum atomic E-state index is -0.470. The summed E-state index contributed by atoms with van der Waals surface area (Å²) in [5.74, 6) is 0.122. The standard InChI is InChI=1S/C14H15NO7/c1-8(16)21-11-6-19-14-12(7-20-13(11)14)22-10-4-2-9(3-5-10)15(17)18/h2-5,11-14H,6-7H2,1H3/t11-,12-,13+,14+/m0/s1. The van der Waals surface area contributed by atoms with Crippen LogP contribution in [0.25, 0.3) is 0 Å². The van der Waals surface area contributed by atoms with Gasteiger partial charge >= 0.3 is 5.97 Å². The Morgan fingerprint density at radius 2 is 1.77 bits per heavy atom. The molecule has 2 fully saturated rings. The fourth-order valence-electron chi connectivity index (χ4n) is 2.67. The Morgan fingerprint density at radius 1 is 1.18 bits per heavy atom. The van der Waals surface area contributed by atoms with Crippen molar-refractivity contribution < 1.29 is 28.7 Å². The minimum absolute atomic E-state index is 0.0000583. The molecule has 1 aromatic rings. The van der Waals surface area contributed by atoms with Crippen LogP contribution in [0.2, 0.25) is 0 Å². The summed E-state index contributed by atoms with van der Waals surface area (Å²) < 4.78 is 22.1. The maximum absolute atomic E-state index is 11.0. The molecule has 0 spiro atoms. The van der Waals surface area contributed by atoms with Gasteiger partial charge in [-0.05, 0) is 12.1 Å². The third kappa shape index (κ3) is 2.88. The van der Waals surface area contributed by atoms with Crippen LogP contribution in [0.1, 0.15) is 6.92 Å². The van der Waals surface area contributed by atoms with Crippen molar-refractivity contribution in [3.63, 3.8) is 0 Å². The molecule has 8 heteroatoms. The molecule has 0 saturated carbocycles. The predicted molar refractivity (Wildman–Crippen MR) is 72.5 cm³/mol. The summed E-state index contributed by atoms with van der Waals surface area (Å²) in [6, 6.07) is 5.81. The molecule has 0 aliphatic carbocycles. The number of carbonyl (C=O) groups excluding carboxylic acids is 1. The van der Waals surface area contributed by atoms with Crippen LogP contribution >= 0.6 is 0 Å². The van der Waals surface area contributed by atoms with E-state index in [-0.39, 0.29) is 36.6 Å². The van der Waals surface area contributed by atoms with Crippen LogP contribution < -0.4 is 4.74 Å². The molecule has 2 saturated heterocycles. The Kier molecular flexibility index (Phi) is 3.95. The van der Waals surface area contributed by atoms with E-state index in [0.717, 1.165) is 0 Å². The van der Waals surface area contributed by atoms with Crippen LogP contribution in [0.15, 0.2) is 24.3 Å². The highest BCUT2D eigenvalue weighted by atomic mass is 16.7. The normalized spacial score (nSPS) is 29.9. The average molecular weight is 309 g/mol. The molecule has 8 nitrogen and oxygen atoms in total. The first kappa shape index (κ1) is 14.7. The van der Waals surface area contributed by atoms with Crippen LogP contribution in [0, 0.1) is 10.1 Å². The number of fused-ring (bicyclic) bond motifs is 1. The fourth-order valence-corrected chi connectivity index (χ4v) is 2.67. The van der Waals surface area contributed by atoms with Crippen molar-refractivity contribution in [2.45, 2.75) is 31.3 Å². The molecule has 3 rings (SSSR count). The lowest BCUT2D eigenvalue weighted by molar-refractivity contribution is -0.384. The molecule has 2 aliphatic rings. The van der Waals surface area contributed by atoms with Crippen molar-refractivity contribution in [1.82, 2.24) is 0 Å². The maximum atomic E-state index is 11.0. The zero-order valence-corrected chi connectivity index (χ0v) is 11.8. The number of rotatable bonds is 4. The van der Waals surface area contributed by atoms with Crippen LogP contribution in [0.3, 0.4) is 0 Å². The van der Waals surface area contributed by atoms with Gasteiger partial charge in [-0.25, -0.2) is 0 Å². The van der Waals surface area contributed by atoms with Crippen LogP contribution in [-0.4, -0.2) is 48.5 Å². The van der Waals surface area contributed by atoms with Crippen molar-refractivity contribution in [3.05, 3.63) is 34.4 Å². The van der Waals surface area contributed by atoms with Gasteiger partial charge in [0.15, 0.2) is 12.2 Å². The van der Waals surface area contributed by atoms with Crippen LogP contribution in [0.5, 0.6) is 5.75 Å². The summed E-state index contributed by atoms with van der Waals surface area (Å²) in [6.45, 7) is 1.92. The second-order valence-electron chi connectivity index (χ2n) is 5.15. The van der Waals surface area contributed by atoms with Crippen molar-refractivity contribution in [3.8, 4) is 5.75 Å². The fraction of sp³-hybridized carbons (Fsp3) is 0.500. The van der Waals surface area contributed by atoms with Gasteiger partial charge in [-0.3, -0.25) is 14.9 Å². The second-order valence-corrected chi connectivity index (χ2v) is 5.15. The van der Waals surface area contributed by atoms with Crippen molar-refractivity contribution in [1.29, 1.82) is 0 Å². The molecule has 0 bridgehead atoms. The number of non-ortho nitro benzene ring substituents is 1. The first-order valence-corrected chi connectivity index (χ1v) is 6.86. The number of hydrogen-bond donors (Lipinski definition) is 0. The summed E-state index contributed by atoms with van der Waals surface area (Å²) in [4.78, 5) is 21.2. The van der Waals surface area contributed by atoms with Gasteiger partial charge in [0, 0.05) is 19.1 Å². The zero-order chi connectivity index (χ0) is 15.7. The molecule has 2 aliphatic heterocycles. The zero-order valence-electron chi connectivity index (χ0n) is 11.8. The van der Waals surface area contributed by atoms with Gasteiger partial charge in [0.05, 0.1) is 18.1 Å². The Labute approximate surface area is 126 Å². The molecule has 0 amide bonds. The maximum Gasteiger partial charge on any atom is 0.303 e. The molecule has 1 aromatic carbocycles. The predicted octanol–water partition coefficient (Wildman–Crippen LogP) is 1.07. The van der Waals surface area contributed by atoms with E-state index < -0.39 is 11.0 Å². The topological polar surface area (TPSA) is 97.1 Å². The lowest BCUT2D eigenvalue weighted by Crippen LogP contribution is -2.36. The van der Waals surface area contributed by atoms with Gasteiger partial charge in [-0.15, -0.1) is 0 Å². The minimum Gasteiger partial charge on any atom is -0.485 e. The number of nitrogens with zero attached hydrogens (tertiary/aromatic N) is 1. The Balaban J connectivity index is 1.63. The number of nitro benzene ring substituents is 1. The molecule has 0 N–H and O–H groups in total. The van der Waals surface area contributed by atoms with E-state index in [0.29, 0.717) is 12.4 Å². The smallest absolute Gasteiger partial charge is 0.303 e. The number of ether oxygens (including phenoxy) is 4. The SMILES string of the molecule is CC(=O)O[C@H]1CO[C@H]2[C@@H]1OC[C@@H]2Oc1ccc([N+](=O)[O-])cc1. The summed E-state index contributed by atoms with van der Waals surface area (Å²) in [5, 5.41) is 10.6. The van der Waals surface area contributed by atoms with E-state index in [1.807, 2.05) is 0 Å². The largest absolute Gasteiger partial charge is 0.485 e. The Morgan fingerprint density at radius 3 is 2.36 bits per heavy atom. The summed E-state index contributed by atoms with van der Waals surface area (Å²) in [6.07, 6.45) is -1.42. The van der Waals surface area contributed by atoms with E-state index in [9.17, 15) is 14.9 Å². The van der Waals surface area contributed by atoms with Crippen molar-refractivity contribution in [2.75, 3.05) is 13.2 Å². The Hall–Kier alpha value is -2.19. The highest BCUT2D eigenvalue weighted by Crippen LogP contribution is 2.31. The van der Waals surface area contributed by atoms with E-state index in [2.05, 4.69) is 0 Å². The summed E-state index contributed by atoms with van der Waals surface area (Å²) in [5.41, 5.74) is -0.0000583. The third-order valence-corrected chi connectivity index (χ3v) is 3.61. The number of hydrogen-bond acceptors (Lipinski definition) is 7. The molecule has 2 heterocycles. The lowest BCUT2D eigenvalue weighted by Gasteiger charge is -2.17. The van der Waals surface area contributed by atoms with Gasteiger partial charge in [-0.1, -0.05) is 0 Å². The molecular formula is C14H15NO7. The summed E-state index contributed by atoms with van der Waals surface area (Å²) >= 11 is 0. The van der Waals surface area contributed by atoms with Crippen LogP contribution in [0.4, 0.5) is 5.69 Å².